The number of non-ortho nitro benzene ring substituents is 1. The molecule has 1 aliphatic heterocycles. The molecule has 34 heavy (non-hydrogen) atoms. The highest BCUT2D eigenvalue weighted by Gasteiger charge is 2.37. The number of urea groups is 1. The Morgan fingerprint density at radius 3 is 2.32 bits per heavy atom. The van der Waals surface area contributed by atoms with Crippen molar-refractivity contribution in [3.05, 3.63) is 92.3 Å². The number of nitro benzene ring substituents is 1. The van der Waals surface area contributed by atoms with E-state index in [2.05, 4.69) is 5.32 Å². The Bertz CT molecular complexity index is 1420. The lowest BCUT2D eigenvalue weighted by Crippen LogP contribution is -2.54. The molecule has 0 bridgehead atoms. The third kappa shape index (κ3) is 3.88. The lowest BCUT2D eigenvalue weighted by Gasteiger charge is -2.26. The number of hydrogen-bond donors (Lipinski definition) is 1. The average Bonchev–Trinajstić information content (AvgIpc) is 3.06. The van der Waals surface area contributed by atoms with E-state index < -0.39 is 22.8 Å². The number of anilines is 1. The van der Waals surface area contributed by atoms with E-state index in [0.29, 0.717) is 22.6 Å². The molecule has 0 aliphatic carbocycles. The van der Waals surface area contributed by atoms with Gasteiger partial charge in [-0.2, -0.15) is 0 Å². The number of nitrogens with zero attached hydrogens (tertiary/aromatic N) is 3. The zero-order valence-electron chi connectivity index (χ0n) is 19.1. The first-order chi connectivity index (χ1) is 16.1. The number of carbonyl (C=O) groups excluding carboxylic acids is 3. The first kappa shape index (κ1) is 22.7. The zero-order valence-corrected chi connectivity index (χ0v) is 19.1. The maximum absolute atomic E-state index is 13.2. The van der Waals surface area contributed by atoms with Crippen LogP contribution < -0.4 is 10.2 Å². The van der Waals surface area contributed by atoms with Gasteiger partial charge < -0.3 is 4.57 Å². The number of aryl methyl sites for hydroxylation is 3. The third-order valence-corrected chi connectivity index (χ3v) is 5.92. The van der Waals surface area contributed by atoms with Crippen LogP contribution in [0.5, 0.6) is 0 Å². The Morgan fingerprint density at radius 2 is 1.65 bits per heavy atom. The van der Waals surface area contributed by atoms with Gasteiger partial charge in [-0.05, 0) is 74.7 Å². The van der Waals surface area contributed by atoms with Gasteiger partial charge in [-0.15, -0.1) is 0 Å². The molecule has 9 heteroatoms. The fourth-order valence-electron chi connectivity index (χ4n) is 3.99. The predicted octanol–water partition coefficient (Wildman–Crippen LogP) is 4.29. The highest BCUT2D eigenvalue weighted by molar-refractivity contribution is 6.39. The van der Waals surface area contributed by atoms with E-state index in [1.165, 1.54) is 18.2 Å². The van der Waals surface area contributed by atoms with E-state index in [9.17, 15) is 24.5 Å². The molecule has 0 saturated carbocycles. The minimum Gasteiger partial charge on any atom is -0.318 e. The molecule has 1 N–H and O–H groups in total. The second kappa shape index (κ2) is 8.43. The summed E-state index contributed by atoms with van der Waals surface area (Å²) in [5.41, 5.74) is 4.65. The van der Waals surface area contributed by atoms with Gasteiger partial charge in [0.15, 0.2) is 0 Å². The van der Waals surface area contributed by atoms with Gasteiger partial charge in [0, 0.05) is 23.5 Å². The summed E-state index contributed by atoms with van der Waals surface area (Å²) in [7, 11) is 0. The summed E-state index contributed by atoms with van der Waals surface area (Å²) in [6.45, 7) is 7.40. The third-order valence-electron chi connectivity index (χ3n) is 5.92. The van der Waals surface area contributed by atoms with Gasteiger partial charge in [-0.25, -0.2) is 9.69 Å². The van der Waals surface area contributed by atoms with E-state index in [0.717, 1.165) is 21.7 Å². The summed E-state index contributed by atoms with van der Waals surface area (Å²) in [4.78, 5) is 50.0. The smallest absolute Gasteiger partial charge is 0.318 e. The molecule has 4 amide bonds. The molecule has 0 radical (unpaired) electrons. The van der Waals surface area contributed by atoms with E-state index in [1.54, 1.807) is 47.9 Å². The monoisotopic (exact) mass is 458 g/mol. The number of hydrogen-bond acceptors (Lipinski definition) is 5. The van der Waals surface area contributed by atoms with Crippen molar-refractivity contribution < 1.29 is 19.3 Å². The molecule has 1 aliphatic rings. The number of barbiturate groups is 1. The van der Waals surface area contributed by atoms with Crippen molar-refractivity contribution in [1.82, 2.24) is 9.88 Å². The molecule has 0 atom stereocenters. The predicted molar refractivity (Wildman–Crippen MR) is 127 cm³/mol. The average molecular weight is 458 g/mol. The van der Waals surface area contributed by atoms with Crippen LogP contribution in [0.2, 0.25) is 0 Å². The molecule has 1 fully saturated rings. The minimum atomic E-state index is -0.808. The van der Waals surface area contributed by atoms with Crippen LogP contribution in [0, 0.1) is 37.8 Å². The Balaban J connectivity index is 1.77. The largest absolute Gasteiger partial charge is 0.335 e. The molecule has 0 spiro atoms. The second-order valence-electron chi connectivity index (χ2n) is 8.17. The molecule has 4 rings (SSSR count). The molecule has 9 nitrogen and oxygen atoms in total. The first-order valence-electron chi connectivity index (χ1n) is 10.5. The van der Waals surface area contributed by atoms with Crippen molar-refractivity contribution in [3.63, 3.8) is 0 Å². The van der Waals surface area contributed by atoms with E-state index >= 15 is 0 Å². The van der Waals surface area contributed by atoms with Gasteiger partial charge in [-0.1, -0.05) is 12.1 Å². The van der Waals surface area contributed by atoms with E-state index in [-0.39, 0.29) is 11.3 Å². The number of benzene rings is 2. The molecule has 1 saturated heterocycles. The van der Waals surface area contributed by atoms with Crippen molar-refractivity contribution in [3.8, 4) is 5.69 Å². The number of amides is 4. The van der Waals surface area contributed by atoms with Crippen LogP contribution in [0.1, 0.15) is 28.1 Å². The Labute approximate surface area is 195 Å². The van der Waals surface area contributed by atoms with Crippen LogP contribution in [0.3, 0.4) is 0 Å². The number of nitrogens with one attached hydrogen (secondary N) is 1. The molecule has 1 aromatic heterocycles. The summed E-state index contributed by atoms with van der Waals surface area (Å²) in [5, 5.41) is 13.4. The van der Waals surface area contributed by atoms with Gasteiger partial charge >= 0.3 is 6.03 Å². The van der Waals surface area contributed by atoms with Gasteiger partial charge in [0.2, 0.25) is 0 Å². The maximum atomic E-state index is 13.2. The Hall–Kier alpha value is -4.53. The maximum Gasteiger partial charge on any atom is 0.335 e. The number of imide groups is 2. The summed E-state index contributed by atoms with van der Waals surface area (Å²) in [5.74, 6) is -1.51. The number of carbonyl (C=O) groups is 3. The van der Waals surface area contributed by atoms with Gasteiger partial charge in [-0.3, -0.25) is 25.0 Å². The standard InChI is InChI=1S/C25H22N4O5/c1-14-8-9-20(10-15(14)2)28-24(31)22(23(30)26-25(28)32)12-18-11-16(3)27(17(18)4)19-6-5-7-21(13-19)29(33)34/h5-13H,1-4H3,(H,26,30,32)/b22-12+. The van der Waals surface area contributed by atoms with Gasteiger partial charge in [0.05, 0.1) is 16.3 Å². The molecule has 0 unspecified atom stereocenters. The lowest BCUT2D eigenvalue weighted by molar-refractivity contribution is -0.384. The highest BCUT2D eigenvalue weighted by atomic mass is 16.6. The van der Waals surface area contributed by atoms with Crippen molar-refractivity contribution >= 4 is 35.3 Å². The van der Waals surface area contributed by atoms with Gasteiger partial charge in [0.1, 0.15) is 5.57 Å². The highest BCUT2D eigenvalue weighted by Crippen LogP contribution is 2.28. The van der Waals surface area contributed by atoms with Crippen molar-refractivity contribution in [2.24, 2.45) is 0 Å². The number of rotatable bonds is 4. The second-order valence-corrected chi connectivity index (χ2v) is 8.17. The number of aromatic nitrogens is 1. The van der Waals surface area contributed by atoms with Crippen LogP contribution in [-0.2, 0) is 9.59 Å². The fraction of sp³-hybridized carbons (Fsp3) is 0.160. The van der Waals surface area contributed by atoms with E-state index in [4.69, 9.17) is 0 Å². The fourth-order valence-corrected chi connectivity index (χ4v) is 3.99. The summed E-state index contributed by atoms with van der Waals surface area (Å²) >= 11 is 0. The molecule has 2 heterocycles. The quantitative estimate of drug-likeness (QED) is 0.271. The zero-order chi connectivity index (χ0) is 24.7. The molecule has 3 aromatic rings. The summed E-state index contributed by atoms with van der Waals surface area (Å²) < 4.78 is 1.80. The van der Waals surface area contributed by atoms with E-state index in [1.807, 2.05) is 20.8 Å². The SMILES string of the molecule is Cc1ccc(N2C(=O)NC(=O)/C(=C\c3cc(C)n(-c4cccc([N+](=O)[O-])c4)c3C)C2=O)cc1C. The van der Waals surface area contributed by atoms with Gasteiger partial charge in [0.25, 0.3) is 17.5 Å². The molecule has 172 valence electrons. The summed E-state index contributed by atoms with van der Waals surface area (Å²) in [6.07, 6.45) is 1.44. The Kier molecular flexibility index (Phi) is 5.62. The van der Waals surface area contributed by atoms with Crippen LogP contribution in [0.15, 0.2) is 54.1 Å². The van der Waals surface area contributed by atoms with Crippen molar-refractivity contribution in [1.29, 1.82) is 0 Å². The number of nitro groups is 1. The van der Waals surface area contributed by atoms with Crippen LogP contribution in [0.25, 0.3) is 11.8 Å². The molecular formula is C25H22N4O5. The minimum absolute atomic E-state index is 0.0470. The molecule has 2 aromatic carbocycles. The van der Waals surface area contributed by atoms with Crippen LogP contribution in [0.4, 0.5) is 16.2 Å². The Morgan fingerprint density at radius 1 is 0.912 bits per heavy atom. The topological polar surface area (TPSA) is 115 Å². The molecular weight excluding hydrogens is 436 g/mol. The summed E-state index contributed by atoms with van der Waals surface area (Å²) in [6, 6.07) is 12.3. The lowest BCUT2D eigenvalue weighted by atomic mass is 10.1. The first-order valence-corrected chi connectivity index (χ1v) is 10.5. The van der Waals surface area contributed by atoms with Crippen LogP contribution in [-0.4, -0.2) is 27.3 Å². The van der Waals surface area contributed by atoms with Crippen molar-refractivity contribution in [2.75, 3.05) is 4.90 Å². The van der Waals surface area contributed by atoms with Crippen LogP contribution >= 0.6 is 0 Å². The van der Waals surface area contributed by atoms with Crippen molar-refractivity contribution in [2.45, 2.75) is 27.7 Å². The normalized spacial score (nSPS) is 15.1.